The molecule has 9 heteroatoms. The van der Waals surface area contributed by atoms with Crippen LogP contribution in [0.1, 0.15) is 18.1 Å². The van der Waals surface area contributed by atoms with E-state index in [-0.39, 0.29) is 23.9 Å². The van der Waals surface area contributed by atoms with Crippen molar-refractivity contribution in [1.82, 2.24) is 5.32 Å². The number of benzene rings is 1. The molecule has 3 unspecified atom stereocenters. The topological polar surface area (TPSA) is 122 Å². The summed E-state index contributed by atoms with van der Waals surface area (Å²) in [5.74, 6) is -0.354. The van der Waals surface area contributed by atoms with Gasteiger partial charge in [0, 0.05) is 0 Å². The molecule has 1 fully saturated rings. The quantitative estimate of drug-likeness (QED) is 0.642. The van der Waals surface area contributed by atoms with Crippen LogP contribution >= 0.6 is 0 Å². The highest BCUT2D eigenvalue weighted by atomic mass is 32.2. The van der Waals surface area contributed by atoms with E-state index in [0.29, 0.717) is 5.56 Å². The normalized spacial score (nSPS) is 24.3. The van der Waals surface area contributed by atoms with Crippen LogP contribution in [0.15, 0.2) is 23.1 Å². The molecule has 1 amide bonds. The maximum absolute atomic E-state index is 12.5. The molecule has 1 saturated heterocycles. The zero-order valence-electron chi connectivity index (χ0n) is 15.0. The first-order valence-corrected chi connectivity index (χ1v) is 9.97. The van der Waals surface area contributed by atoms with Crippen LogP contribution in [0.25, 0.3) is 0 Å². The first-order chi connectivity index (χ1) is 12.1. The Kier molecular flexibility index (Phi) is 6.62. The van der Waals surface area contributed by atoms with Crippen molar-refractivity contribution in [3.05, 3.63) is 29.3 Å². The molecule has 1 aromatic rings. The number of alkyl carbamates (subject to hydrolysis) is 1. The molecule has 1 aliphatic rings. The molecule has 8 nitrogen and oxygen atoms in total. The number of carbonyl (C=O) groups is 1. The van der Waals surface area contributed by atoms with E-state index < -0.39 is 40.3 Å². The summed E-state index contributed by atoms with van der Waals surface area (Å²) in [7, 11) is -3.62. The molecular weight excluding hydrogens is 362 g/mol. The molecule has 4 atom stereocenters. The Morgan fingerprint density at radius 1 is 1.42 bits per heavy atom. The van der Waals surface area contributed by atoms with Gasteiger partial charge in [0.05, 0.1) is 29.9 Å². The van der Waals surface area contributed by atoms with Gasteiger partial charge in [0.15, 0.2) is 9.84 Å². The smallest absolute Gasteiger partial charge is 0.407 e. The number of hydrogen-bond acceptors (Lipinski definition) is 7. The number of rotatable bonds is 6. The van der Waals surface area contributed by atoms with Crippen molar-refractivity contribution in [2.75, 3.05) is 19.0 Å². The predicted octanol–water partition coefficient (Wildman–Crippen LogP) is 0.312. The van der Waals surface area contributed by atoms with Gasteiger partial charge in [0.2, 0.25) is 0 Å². The van der Waals surface area contributed by atoms with Crippen LogP contribution < -0.4 is 5.32 Å². The fraction of sp³-hybridized carbons (Fsp3) is 0.588. The molecule has 1 aromatic carbocycles. The van der Waals surface area contributed by atoms with Crippen LogP contribution in [0.4, 0.5) is 4.79 Å². The summed E-state index contributed by atoms with van der Waals surface area (Å²) in [6.45, 7) is 4.76. The summed E-state index contributed by atoms with van der Waals surface area (Å²) >= 11 is 0. The molecular formula is C17H25NO7S. The molecule has 1 heterocycles. The minimum atomic E-state index is -3.62. The van der Waals surface area contributed by atoms with E-state index in [1.807, 2.05) is 6.92 Å². The molecule has 0 aliphatic carbocycles. The standard InChI is InChI=1S/C17H25NO7S/c1-10-4-5-15(11(2)6-10)26(22,23)9-12(3)25-17(21)18-13-8-24-14(7-19)16(13)20/h4-6,12-14,16,19-20H,7-9H2,1-3H3,(H,18,21)/t12?,13?,14-,16?/m1/s1. The first kappa shape index (κ1) is 20.6. The summed E-state index contributed by atoms with van der Waals surface area (Å²) in [4.78, 5) is 12.1. The van der Waals surface area contributed by atoms with Gasteiger partial charge in [-0.25, -0.2) is 13.2 Å². The van der Waals surface area contributed by atoms with Gasteiger partial charge < -0.3 is 25.0 Å². The predicted molar refractivity (Wildman–Crippen MR) is 93.7 cm³/mol. The number of aliphatic hydroxyl groups is 2. The minimum Gasteiger partial charge on any atom is -0.445 e. The summed E-state index contributed by atoms with van der Waals surface area (Å²) in [6.07, 6.45) is -3.54. The zero-order valence-corrected chi connectivity index (χ0v) is 15.8. The maximum Gasteiger partial charge on any atom is 0.407 e. The molecule has 0 aromatic heterocycles. The number of carbonyl (C=O) groups excluding carboxylic acids is 1. The molecule has 0 bridgehead atoms. The van der Waals surface area contributed by atoms with Gasteiger partial charge >= 0.3 is 6.09 Å². The van der Waals surface area contributed by atoms with E-state index in [0.717, 1.165) is 5.56 Å². The van der Waals surface area contributed by atoms with Crippen molar-refractivity contribution < 1.29 is 32.9 Å². The lowest BCUT2D eigenvalue weighted by atomic mass is 10.1. The lowest BCUT2D eigenvalue weighted by Crippen LogP contribution is -2.46. The average molecular weight is 387 g/mol. The Morgan fingerprint density at radius 2 is 2.12 bits per heavy atom. The Labute approximate surface area is 153 Å². The number of sulfone groups is 1. The molecule has 0 radical (unpaired) electrons. The van der Waals surface area contributed by atoms with E-state index in [2.05, 4.69) is 5.32 Å². The summed E-state index contributed by atoms with van der Waals surface area (Å²) in [5, 5.41) is 21.3. The fourth-order valence-electron chi connectivity index (χ4n) is 2.92. The van der Waals surface area contributed by atoms with Crippen LogP contribution in [0.5, 0.6) is 0 Å². The Hall–Kier alpha value is -1.68. The van der Waals surface area contributed by atoms with E-state index in [1.165, 1.54) is 6.92 Å². The minimum absolute atomic E-state index is 0.0384. The lowest BCUT2D eigenvalue weighted by molar-refractivity contribution is 0.00261. The maximum atomic E-state index is 12.5. The van der Waals surface area contributed by atoms with E-state index in [9.17, 15) is 18.3 Å². The molecule has 3 N–H and O–H groups in total. The summed E-state index contributed by atoms with van der Waals surface area (Å²) < 4.78 is 35.3. The van der Waals surface area contributed by atoms with Crippen LogP contribution in [-0.2, 0) is 19.3 Å². The number of aryl methyl sites for hydroxylation is 2. The molecule has 146 valence electrons. The van der Waals surface area contributed by atoms with Crippen LogP contribution in [0.3, 0.4) is 0 Å². The van der Waals surface area contributed by atoms with Crippen molar-refractivity contribution in [3.8, 4) is 0 Å². The largest absolute Gasteiger partial charge is 0.445 e. The van der Waals surface area contributed by atoms with E-state index >= 15 is 0 Å². The zero-order chi connectivity index (χ0) is 19.5. The van der Waals surface area contributed by atoms with Crippen molar-refractivity contribution in [2.45, 2.75) is 50.0 Å². The Balaban J connectivity index is 1.93. The number of hydrogen-bond donors (Lipinski definition) is 3. The Bertz CT molecular complexity index is 749. The SMILES string of the molecule is Cc1ccc(S(=O)(=O)CC(C)OC(=O)NC2CO[C@H](CO)C2O)c(C)c1. The third kappa shape index (κ3) is 4.94. The van der Waals surface area contributed by atoms with Crippen molar-refractivity contribution >= 4 is 15.9 Å². The van der Waals surface area contributed by atoms with Gasteiger partial charge in [0.25, 0.3) is 0 Å². The third-order valence-electron chi connectivity index (χ3n) is 4.19. The highest BCUT2D eigenvalue weighted by Crippen LogP contribution is 2.19. The second-order valence-electron chi connectivity index (χ2n) is 6.56. The van der Waals surface area contributed by atoms with Crippen molar-refractivity contribution in [2.24, 2.45) is 0 Å². The van der Waals surface area contributed by atoms with E-state index in [4.69, 9.17) is 14.6 Å². The van der Waals surface area contributed by atoms with Crippen molar-refractivity contribution in [1.29, 1.82) is 0 Å². The molecule has 1 aliphatic heterocycles. The second-order valence-corrected chi connectivity index (χ2v) is 8.56. The van der Waals surface area contributed by atoms with E-state index in [1.54, 1.807) is 25.1 Å². The number of ether oxygens (including phenoxy) is 2. The second kappa shape index (κ2) is 8.34. The molecule has 0 spiro atoms. The molecule has 0 saturated carbocycles. The van der Waals surface area contributed by atoms with Crippen LogP contribution in [-0.4, -0.2) is 68.0 Å². The lowest BCUT2D eigenvalue weighted by Gasteiger charge is -2.19. The third-order valence-corrected chi connectivity index (χ3v) is 6.23. The summed E-state index contributed by atoms with van der Waals surface area (Å²) in [5.41, 5.74) is 1.60. The van der Waals surface area contributed by atoms with Crippen LogP contribution in [0.2, 0.25) is 0 Å². The van der Waals surface area contributed by atoms with Gasteiger partial charge in [-0.2, -0.15) is 0 Å². The van der Waals surface area contributed by atoms with Gasteiger partial charge in [-0.3, -0.25) is 0 Å². The first-order valence-electron chi connectivity index (χ1n) is 8.31. The van der Waals surface area contributed by atoms with Gasteiger partial charge in [-0.05, 0) is 32.4 Å². The molecule has 2 rings (SSSR count). The fourth-order valence-corrected chi connectivity index (χ4v) is 4.61. The van der Waals surface area contributed by atoms with Gasteiger partial charge in [0.1, 0.15) is 18.3 Å². The number of nitrogens with one attached hydrogen (secondary N) is 1. The average Bonchev–Trinajstić information content (AvgIpc) is 2.86. The number of amides is 1. The van der Waals surface area contributed by atoms with Gasteiger partial charge in [-0.1, -0.05) is 17.7 Å². The Morgan fingerprint density at radius 3 is 2.69 bits per heavy atom. The number of aliphatic hydroxyl groups excluding tert-OH is 2. The highest BCUT2D eigenvalue weighted by molar-refractivity contribution is 7.91. The monoisotopic (exact) mass is 387 g/mol. The van der Waals surface area contributed by atoms with Gasteiger partial charge in [-0.15, -0.1) is 0 Å². The highest BCUT2D eigenvalue weighted by Gasteiger charge is 2.37. The van der Waals surface area contributed by atoms with Crippen LogP contribution in [0, 0.1) is 13.8 Å². The molecule has 26 heavy (non-hydrogen) atoms. The van der Waals surface area contributed by atoms with Crippen molar-refractivity contribution in [3.63, 3.8) is 0 Å². The summed E-state index contributed by atoms with van der Waals surface area (Å²) in [6, 6.07) is 4.33.